The second-order valence-electron chi connectivity index (χ2n) is 4.29. The van der Waals surface area contributed by atoms with Crippen LogP contribution in [0.4, 0.5) is 10.1 Å². The molecule has 0 amide bonds. The summed E-state index contributed by atoms with van der Waals surface area (Å²) < 4.78 is 39.6. The molecule has 0 heterocycles. The van der Waals surface area contributed by atoms with Gasteiger partial charge in [-0.1, -0.05) is 13.3 Å². The first-order chi connectivity index (χ1) is 9.34. The number of hydrogen-bond acceptors (Lipinski definition) is 4. The van der Waals surface area contributed by atoms with Gasteiger partial charge in [0.05, 0.1) is 17.2 Å². The van der Waals surface area contributed by atoms with Gasteiger partial charge in [0.15, 0.2) is 0 Å². The van der Waals surface area contributed by atoms with Crippen LogP contribution in [0, 0.1) is 5.82 Å². The molecular weight excluding hydrogens is 351 g/mol. The molecule has 0 fully saturated rings. The maximum atomic E-state index is 13.3. The number of benzene rings is 1. The summed E-state index contributed by atoms with van der Waals surface area (Å²) in [7, 11) is -3.83. The highest BCUT2D eigenvalue weighted by Crippen LogP contribution is 2.29. The molecular formula is C12H18BrFN2O3S. The molecule has 0 saturated heterocycles. The van der Waals surface area contributed by atoms with Gasteiger partial charge in [0.1, 0.15) is 5.82 Å². The minimum Gasteiger partial charge on any atom is -0.396 e. The van der Waals surface area contributed by atoms with E-state index in [1.54, 1.807) is 0 Å². The van der Waals surface area contributed by atoms with Crippen LogP contribution >= 0.6 is 15.9 Å². The Morgan fingerprint density at radius 3 is 2.60 bits per heavy atom. The molecule has 0 aliphatic rings. The fourth-order valence-electron chi connectivity index (χ4n) is 1.68. The summed E-state index contributed by atoms with van der Waals surface area (Å²) in [6.45, 7) is 1.95. The van der Waals surface area contributed by atoms with Crippen molar-refractivity contribution in [3.05, 3.63) is 22.4 Å². The number of nitrogens with two attached hydrogens (primary N) is 1. The molecule has 0 atom stereocenters. The summed E-state index contributed by atoms with van der Waals surface area (Å²) in [6, 6.07) is 2.12. The van der Waals surface area contributed by atoms with E-state index in [2.05, 4.69) is 15.9 Å². The number of nitrogen functional groups attached to an aromatic ring is 1. The molecule has 0 aliphatic carbocycles. The molecule has 0 aromatic heterocycles. The Balaban J connectivity index is 3.22. The van der Waals surface area contributed by atoms with Crippen LogP contribution in [-0.2, 0) is 10.0 Å². The number of anilines is 1. The molecule has 8 heteroatoms. The van der Waals surface area contributed by atoms with Crippen molar-refractivity contribution < 1.29 is 17.9 Å². The number of unbranched alkanes of at least 4 members (excludes halogenated alkanes) is 1. The summed E-state index contributed by atoms with van der Waals surface area (Å²) in [6.07, 6.45) is 1.50. The van der Waals surface area contributed by atoms with Crippen LogP contribution in [-0.4, -0.2) is 37.5 Å². The monoisotopic (exact) mass is 368 g/mol. The SMILES string of the molecule is CCCCN(CCO)S(=O)(=O)c1cc(N)c(F)cc1Br. The van der Waals surface area contributed by atoms with Crippen LogP contribution in [0.2, 0.25) is 0 Å². The van der Waals surface area contributed by atoms with Gasteiger partial charge in [0.25, 0.3) is 0 Å². The highest BCUT2D eigenvalue weighted by Gasteiger charge is 2.26. The Bertz CT molecular complexity index is 566. The van der Waals surface area contributed by atoms with Crippen LogP contribution in [0.25, 0.3) is 0 Å². The van der Waals surface area contributed by atoms with Gasteiger partial charge >= 0.3 is 0 Å². The Morgan fingerprint density at radius 2 is 2.05 bits per heavy atom. The van der Waals surface area contributed by atoms with Crippen molar-refractivity contribution in [1.29, 1.82) is 0 Å². The van der Waals surface area contributed by atoms with Gasteiger partial charge in [-0.2, -0.15) is 4.31 Å². The second-order valence-corrected chi connectivity index (χ2v) is 7.05. The molecule has 0 bridgehead atoms. The molecule has 1 rings (SSSR count). The zero-order valence-electron chi connectivity index (χ0n) is 11.1. The lowest BCUT2D eigenvalue weighted by molar-refractivity contribution is 0.252. The zero-order valence-corrected chi connectivity index (χ0v) is 13.5. The average molecular weight is 369 g/mol. The van der Waals surface area contributed by atoms with E-state index in [-0.39, 0.29) is 28.2 Å². The van der Waals surface area contributed by atoms with Crippen LogP contribution in [0.15, 0.2) is 21.5 Å². The highest BCUT2D eigenvalue weighted by atomic mass is 79.9. The van der Waals surface area contributed by atoms with Crippen LogP contribution in [0.3, 0.4) is 0 Å². The summed E-state index contributed by atoms with van der Waals surface area (Å²) in [5, 5.41) is 9.01. The maximum Gasteiger partial charge on any atom is 0.244 e. The van der Waals surface area contributed by atoms with Crippen LogP contribution in [0.1, 0.15) is 19.8 Å². The van der Waals surface area contributed by atoms with Crippen LogP contribution < -0.4 is 5.73 Å². The third-order valence-electron chi connectivity index (χ3n) is 2.78. The van der Waals surface area contributed by atoms with E-state index in [1.165, 1.54) is 4.31 Å². The van der Waals surface area contributed by atoms with Crippen molar-refractivity contribution in [1.82, 2.24) is 4.31 Å². The number of sulfonamides is 1. The van der Waals surface area contributed by atoms with Crippen molar-refractivity contribution in [3.8, 4) is 0 Å². The Kier molecular flexibility index (Phi) is 6.38. The predicted octanol–water partition coefficient (Wildman–Crippen LogP) is 1.95. The van der Waals surface area contributed by atoms with E-state index < -0.39 is 15.8 Å². The number of nitrogens with zero attached hydrogens (tertiary/aromatic N) is 1. The molecule has 1 aromatic carbocycles. The third kappa shape index (κ3) is 3.91. The summed E-state index contributed by atoms with van der Waals surface area (Å²) in [4.78, 5) is -0.0963. The predicted molar refractivity (Wildman–Crippen MR) is 79.3 cm³/mol. The minimum absolute atomic E-state index is 0.00788. The van der Waals surface area contributed by atoms with E-state index >= 15 is 0 Å². The molecule has 1 aromatic rings. The lowest BCUT2D eigenvalue weighted by Crippen LogP contribution is -2.34. The van der Waals surface area contributed by atoms with Crippen molar-refractivity contribution in [2.24, 2.45) is 0 Å². The van der Waals surface area contributed by atoms with E-state index in [4.69, 9.17) is 10.8 Å². The summed E-state index contributed by atoms with van der Waals surface area (Å²) in [5.74, 6) is -0.682. The van der Waals surface area contributed by atoms with Crippen molar-refractivity contribution >= 4 is 31.6 Å². The first-order valence-corrected chi connectivity index (χ1v) is 8.43. The average Bonchev–Trinajstić information content (AvgIpc) is 2.38. The van der Waals surface area contributed by atoms with E-state index in [1.807, 2.05) is 6.92 Å². The third-order valence-corrected chi connectivity index (χ3v) is 5.64. The number of aliphatic hydroxyl groups is 1. The molecule has 5 nitrogen and oxygen atoms in total. The van der Waals surface area contributed by atoms with Gasteiger partial charge in [-0.25, -0.2) is 12.8 Å². The number of hydrogen-bond donors (Lipinski definition) is 2. The second kappa shape index (κ2) is 7.35. The van der Waals surface area contributed by atoms with Gasteiger partial charge in [-0.3, -0.25) is 0 Å². The molecule has 114 valence electrons. The van der Waals surface area contributed by atoms with Gasteiger partial charge in [0, 0.05) is 17.6 Å². The first-order valence-electron chi connectivity index (χ1n) is 6.20. The number of rotatable bonds is 7. The molecule has 0 saturated carbocycles. The highest BCUT2D eigenvalue weighted by molar-refractivity contribution is 9.10. The topological polar surface area (TPSA) is 83.6 Å². The molecule has 0 spiro atoms. The van der Waals surface area contributed by atoms with Crippen LogP contribution in [0.5, 0.6) is 0 Å². The fraction of sp³-hybridized carbons (Fsp3) is 0.500. The molecule has 3 N–H and O–H groups in total. The van der Waals surface area contributed by atoms with Gasteiger partial charge in [-0.15, -0.1) is 0 Å². The lowest BCUT2D eigenvalue weighted by Gasteiger charge is -2.22. The largest absolute Gasteiger partial charge is 0.396 e. The number of aliphatic hydroxyl groups excluding tert-OH is 1. The zero-order chi connectivity index (χ0) is 15.3. The summed E-state index contributed by atoms with van der Waals surface area (Å²) >= 11 is 3.04. The van der Waals surface area contributed by atoms with E-state index in [0.717, 1.165) is 18.6 Å². The Morgan fingerprint density at radius 1 is 1.40 bits per heavy atom. The van der Waals surface area contributed by atoms with Gasteiger partial charge in [-0.05, 0) is 34.5 Å². The molecule has 20 heavy (non-hydrogen) atoms. The van der Waals surface area contributed by atoms with E-state index in [0.29, 0.717) is 13.0 Å². The van der Waals surface area contributed by atoms with Gasteiger partial charge in [0.2, 0.25) is 10.0 Å². The van der Waals surface area contributed by atoms with Crippen molar-refractivity contribution in [2.75, 3.05) is 25.4 Å². The van der Waals surface area contributed by atoms with Crippen molar-refractivity contribution in [3.63, 3.8) is 0 Å². The quantitative estimate of drug-likeness (QED) is 0.720. The number of halogens is 2. The molecule has 0 radical (unpaired) electrons. The summed E-state index contributed by atoms with van der Waals surface area (Å²) in [5.41, 5.74) is 5.20. The maximum absolute atomic E-state index is 13.3. The smallest absolute Gasteiger partial charge is 0.244 e. The Hall–Kier alpha value is -0.700. The standard InChI is InChI=1S/C12H18BrFN2O3S/c1-2-3-4-16(5-6-17)20(18,19)12-8-11(15)10(14)7-9(12)13/h7-8,17H,2-6,15H2,1H3. The van der Waals surface area contributed by atoms with E-state index in [9.17, 15) is 12.8 Å². The van der Waals surface area contributed by atoms with Crippen molar-refractivity contribution in [2.45, 2.75) is 24.7 Å². The minimum atomic E-state index is -3.83. The fourth-order valence-corrected chi connectivity index (χ4v) is 4.16. The lowest BCUT2D eigenvalue weighted by atomic mass is 10.3. The molecule has 0 unspecified atom stereocenters. The Labute approximate surface area is 126 Å². The normalized spacial score (nSPS) is 12.1. The molecule has 0 aliphatic heterocycles. The van der Waals surface area contributed by atoms with Gasteiger partial charge < -0.3 is 10.8 Å². The first kappa shape index (κ1) is 17.4.